The van der Waals surface area contributed by atoms with E-state index in [9.17, 15) is 18.0 Å². The maximum absolute atomic E-state index is 13.8. The monoisotopic (exact) mass is 784 g/mol. The molecule has 54 heavy (non-hydrogen) atoms. The third kappa shape index (κ3) is 8.26. The lowest BCUT2D eigenvalue weighted by Crippen LogP contribution is -2.50. The van der Waals surface area contributed by atoms with Crippen molar-refractivity contribution in [2.45, 2.75) is 74.4 Å². The Bertz CT molecular complexity index is 1860. The van der Waals surface area contributed by atoms with Gasteiger partial charge in [-0.2, -0.15) is 0 Å². The second-order valence-electron chi connectivity index (χ2n) is 15.9. The summed E-state index contributed by atoms with van der Waals surface area (Å²) in [5, 5.41) is 0.702. The minimum absolute atomic E-state index is 0.0209. The van der Waals surface area contributed by atoms with Gasteiger partial charge in [0.2, 0.25) is 0 Å². The zero-order chi connectivity index (χ0) is 38.1. The molecule has 5 aliphatic rings. The zero-order valence-electron chi connectivity index (χ0n) is 31.6. The van der Waals surface area contributed by atoms with E-state index in [1.165, 1.54) is 31.0 Å². The summed E-state index contributed by atoms with van der Waals surface area (Å²) in [7, 11) is -2.55. The molecule has 2 amide bonds. The fourth-order valence-electron chi connectivity index (χ4n) is 8.67. The Morgan fingerprint density at radius 1 is 1.07 bits per heavy atom. The highest BCUT2D eigenvalue weighted by molar-refractivity contribution is 7.90. The van der Waals surface area contributed by atoms with E-state index < -0.39 is 27.6 Å². The molecule has 2 bridgehead atoms. The summed E-state index contributed by atoms with van der Waals surface area (Å²) < 4.78 is 53.8. The minimum atomic E-state index is -4.25. The first-order valence-electron chi connectivity index (χ1n) is 19.2. The highest BCUT2D eigenvalue weighted by atomic mass is 35.5. The lowest BCUT2D eigenvalue weighted by atomic mass is 9.68. The Hall–Kier alpha value is -3.36. The first kappa shape index (κ1) is 38.9. The summed E-state index contributed by atoms with van der Waals surface area (Å²) in [5.41, 5.74) is 1.25. The molecule has 0 unspecified atom stereocenters. The van der Waals surface area contributed by atoms with E-state index in [0.717, 1.165) is 58.2 Å². The van der Waals surface area contributed by atoms with Gasteiger partial charge in [-0.15, -0.1) is 0 Å². The smallest absolute Gasteiger partial charge is 0.410 e. The Morgan fingerprint density at radius 2 is 1.93 bits per heavy atom. The minimum Gasteiger partial charge on any atom is -0.490 e. The maximum Gasteiger partial charge on any atom is 0.410 e. The molecule has 1 spiro atoms. The average Bonchev–Trinajstić information content (AvgIpc) is 3.46. The van der Waals surface area contributed by atoms with Crippen LogP contribution in [0.1, 0.15) is 57.1 Å². The van der Waals surface area contributed by atoms with Gasteiger partial charge in [-0.3, -0.25) is 9.69 Å². The molecule has 3 aliphatic heterocycles. The second-order valence-corrected chi connectivity index (χ2v) is 18.1. The first-order chi connectivity index (χ1) is 25.9. The second kappa shape index (κ2) is 16.0. The van der Waals surface area contributed by atoms with E-state index >= 15 is 0 Å². The lowest BCUT2D eigenvalue weighted by Gasteiger charge is -2.46. The van der Waals surface area contributed by atoms with Crippen LogP contribution in [0.25, 0.3) is 0 Å². The van der Waals surface area contributed by atoms with Crippen LogP contribution in [-0.2, 0) is 40.9 Å². The van der Waals surface area contributed by atoms with Crippen molar-refractivity contribution in [2.75, 3.05) is 77.6 Å². The number of sulfonamides is 1. The molecule has 2 aliphatic carbocycles. The van der Waals surface area contributed by atoms with E-state index in [0.29, 0.717) is 55.9 Å². The van der Waals surface area contributed by atoms with Crippen LogP contribution in [0.2, 0.25) is 5.02 Å². The van der Waals surface area contributed by atoms with E-state index in [-0.39, 0.29) is 34.8 Å². The van der Waals surface area contributed by atoms with Gasteiger partial charge in [0.15, 0.2) is 0 Å². The van der Waals surface area contributed by atoms with E-state index in [1.807, 2.05) is 12.1 Å². The molecule has 14 heteroatoms. The van der Waals surface area contributed by atoms with Crippen molar-refractivity contribution in [1.29, 1.82) is 0 Å². The molecular weight excluding hydrogens is 732 g/mol. The number of nitrogens with zero attached hydrogens (tertiary/aromatic N) is 3. The number of hydrogen-bond acceptors (Lipinski definition) is 10. The molecule has 1 saturated heterocycles. The number of fused-ring (bicyclic) bond motifs is 4. The number of anilines is 1. The van der Waals surface area contributed by atoms with Crippen molar-refractivity contribution in [3.05, 3.63) is 64.7 Å². The van der Waals surface area contributed by atoms with Gasteiger partial charge in [0.1, 0.15) is 17.5 Å². The van der Waals surface area contributed by atoms with Gasteiger partial charge in [-0.05, 0) is 112 Å². The van der Waals surface area contributed by atoms with Crippen LogP contribution < -0.4 is 14.4 Å². The summed E-state index contributed by atoms with van der Waals surface area (Å²) in [4.78, 5) is 33.5. The molecule has 1 saturated carbocycles. The summed E-state index contributed by atoms with van der Waals surface area (Å²) in [6.45, 7) is 9.02. The number of benzene rings is 2. The molecule has 12 nitrogen and oxygen atoms in total. The van der Waals surface area contributed by atoms with Crippen molar-refractivity contribution in [3.63, 3.8) is 0 Å². The summed E-state index contributed by atoms with van der Waals surface area (Å²) >= 11 is 6.46. The molecule has 0 aromatic heterocycles. The Balaban J connectivity index is 1.22. The van der Waals surface area contributed by atoms with E-state index in [4.69, 9.17) is 30.5 Å². The SMILES string of the molecule is COCCN1CCCN(C(=O)O[C@H]2/C=C\COC(C)(C)C(=O)NS(=O)(=O)c3ccc4c(c3)N(C[C@@H]3CC[C@H]32)C[C@@]2(CCCc3cc(Cl)ccc32)CO4)CC1. The molecule has 2 aromatic carbocycles. The topological polar surface area (TPSA) is 127 Å². The number of ether oxygens (including phenoxy) is 4. The fraction of sp³-hybridized carbons (Fsp3) is 0.600. The quantitative estimate of drug-likeness (QED) is 0.416. The molecule has 3 heterocycles. The first-order valence-corrected chi connectivity index (χ1v) is 21.1. The van der Waals surface area contributed by atoms with Gasteiger partial charge < -0.3 is 28.7 Å². The molecule has 2 fully saturated rings. The average molecular weight is 785 g/mol. The van der Waals surface area contributed by atoms with Gasteiger partial charge in [0.25, 0.3) is 15.9 Å². The van der Waals surface area contributed by atoms with Crippen molar-refractivity contribution >= 4 is 39.3 Å². The Labute approximate surface area is 324 Å². The number of carbonyl (C=O) groups excluding carboxylic acids is 2. The molecular formula is C40H53ClN4O8S. The van der Waals surface area contributed by atoms with E-state index in [2.05, 4.69) is 26.7 Å². The number of aryl methyl sites for hydroxylation is 1. The molecule has 0 radical (unpaired) electrons. The van der Waals surface area contributed by atoms with Crippen LogP contribution in [0.15, 0.2) is 53.4 Å². The van der Waals surface area contributed by atoms with Crippen LogP contribution in [-0.4, -0.2) is 115 Å². The van der Waals surface area contributed by atoms with E-state index in [1.54, 1.807) is 30.2 Å². The van der Waals surface area contributed by atoms with Crippen LogP contribution in [0.3, 0.4) is 0 Å². The predicted molar refractivity (Wildman–Crippen MR) is 206 cm³/mol. The van der Waals surface area contributed by atoms with Crippen molar-refractivity contribution in [1.82, 2.24) is 14.5 Å². The standard InChI is InChI=1S/C40H53ClN4O8S/c1-39(2)37(46)42-54(48,49)31-11-14-36-34(24-31)45(26-40(27-51-36)15-4-7-28-23-30(41)10-13-33(28)40)25-29-9-12-32(29)35(8-5-21-52-39)53-38(47)44-17-6-16-43(18-19-44)20-22-50-3/h5,8,10-11,13-14,23-24,29,32,35H,4,6-7,9,12,15-22,25-27H2,1-3H3,(H,42,46)/b8-5-/t29-,32+,35-,40-/m0/s1. The Morgan fingerprint density at radius 3 is 2.72 bits per heavy atom. The number of rotatable bonds is 4. The lowest BCUT2D eigenvalue weighted by molar-refractivity contribution is -0.139. The van der Waals surface area contributed by atoms with Crippen molar-refractivity contribution in [3.8, 4) is 5.75 Å². The maximum atomic E-state index is 13.8. The molecule has 7 rings (SSSR count). The number of methoxy groups -OCH3 is 1. The molecule has 4 atom stereocenters. The van der Waals surface area contributed by atoms with Crippen LogP contribution in [0.5, 0.6) is 5.75 Å². The highest BCUT2D eigenvalue weighted by Gasteiger charge is 2.45. The summed E-state index contributed by atoms with van der Waals surface area (Å²) in [6.07, 6.45) is 8.25. The predicted octanol–water partition coefficient (Wildman–Crippen LogP) is 5.17. The summed E-state index contributed by atoms with van der Waals surface area (Å²) in [6, 6.07) is 10.9. The largest absolute Gasteiger partial charge is 0.490 e. The normalized spacial score (nSPS) is 29.0. The van der Waals surface area contributed by atoms with Crippen LogP contribution in [0.4, 0.5) is 10.5 Å². The number of carbonyl (C=O) groups is 2. The highest BCUT2D eigenvalue weighted by Crippen LogP contribution is 2.47. The van der Waals surface area contributed by atoms with Gasteiger partial charge in [-0.1, -0.05) is 23.7 Å². The number of nitrogens with one attached hydrogen (secondary N) is 1. The van der Waals surface area contributed by atoms with Crippen LogP contribution in [0, 0.1) is 11.8 Å². The van der Waals surface area contributed by atoms with Crippen molar-refractivity contribution in [2.24, 2.45) is 11.8 Å². The molecule has 1 N–H and O–H groups in total. The van der Waals surface area contributed by atoms with Crippen molar-refractivity contribution < 1.29 is 37.0 Å². The Kier molecular flexibility index (Phi) is 11.5. The van der Waals surface area contributed by atoms with Gasteiger partial charge in [-0.25, -0.2) is 17.9 Å². The van der Waals surface area contributed by atoms with Gasteiger partial charge in [0, 0.05) is 62.7 Å². The number of hydrogen-bond donors (Lipinski definition) is 1. The molecule has 294 valence electrons. The summed E-state index contributed by atoms with van der Waals surface area (Å²) in [5.74, 6) is -0.0390. The molecule has 2 aromatic rings. The number of halogens is 1. The van der Waals surface area contributed by atoms with Gasteiger partial charge in [0.05, 0.1) is 30.4 Å². The third-order valence-electron chi connectivity index (χ3n) is 12.0. The third-order valence-corrected chi connectivity index (χ3v) is 13.6. The van der Waals surface area contributed by atoms with Gasteiger partial charge >= 0.3 is 6.09 Å². The van der Waals surface area contributed by atoms with Crippen LogP contribution >= 0.6 is 11.6 Å². The zero-order valence-corrected chi connectivity index (χ0v) is 33.1. The number of amides is 2. The fourth-order valence-corrected chi connectivity index (χ4v) is 9.99.